The summed E-state index contributed by atoms with van der Waals surface area (Å²) in [6.07, 6.45) is 5.19. The number of piperidine rings is 1. The van der Waals surface area contributed by atoms with Gasteiger partial charge in [-0.05, 0) is 79.8 Å². The summed E-state index contributed by atoms with van der Waals surface area (Å²) in [4.78, 5) is 28.4. The second-order valence-electron chi connectivity index (χ2n) is 11.1. The van der Waals surface area contributed by atoms with Crippen LogP contribution in [0.4, 0.5) is 0 Å². The van der Waals surface area contributed by atoms with Gasteiger partial charge >= 0.3 is 0 Å². The van der Waals surface area contributed by atoms with E-state index in [0.29, 0.717) is 35.7 Å². The van der Waals surface area contributed by atoms with Crippen LogP contribution in [0.3, 0.4) is 0 Å². The number of hydrogen-bond donors (Lipinski definition) is 1. The fourth-order valence-electron chi connectivity index (χ4n) is 6.10. The van der Waals surface area contributed by atoms with Crippen LogP contribution in [0, 0.1) is 11.3 Å². The molecule has 9 heteroatoms. The minimum Gasteiger partial charge on any atom is -0.330 e. The van der Waals surface area contributed by atoms with Crippen molar-refractivity contribution in [3.05, 3.63) is 69.7 Å². The molecule has 0 radical (unpaired) electrons. The Labute approximate surface area is 235 Å². The first-order chi connectivity index (χ1) is 18.2. The van der Waals surface area contributed by atoms with Crippen LogP contribution >= 0.6 is 23.2 Å². The normalized spacial score (nSPS) is 26.8. The topological polar surface area (TPSA) is 83.6 Å². The van der Waals surface area contributed by atoms with E-state index in [4.69, 9.17) is 23.2 Å². The highest BCUT2D eigenvalue weighted by Crippen LogP contribution is 2.55. The van der Waals surface area contributed by atoms with E-state index < -0.39 is 15.4 Å². The van der Waals surface area contributed by atoms with Gasteiger partial charge < -0.3 is 9.69 Å². The summed E-state index contributed by atoms with van der Waals surface area (Å²) in [7, 11) is -3.43. The van der Waals surface area contributed by atoms with Gasteiger partial charge in [0.2, 0.25) is 15.9 Å². The summed E-state index contributed by atoms with van der Waals surface area (Å²) >= 11 is 12.7. The molecule has 2 aromatic carbocycles. The van der Waals surface area contributed by atoms with Gasteiger partial charge in [-0.25, -0.2) is 13.1 Å². The van der Waals surface area contributed by atoms with Gasteiger partial charge in [-0.2, -0.15) is 0 Å². The molecule has 2 saturated carbocycles. The van der Waals surface area contributed by atoms with Crippen LogP contribution in [0.15, 0.2) is 48.5 Å². The molecule has 204 valence electrons. The molecule has 0 aromatic heterocycles. The summed E-state index contributed by atoms with van der Waals surface area (Å²) in [5.74, 6) is -0.0267. The molecule has 1 heterocycles. The van der Waals surface area contributed by atoms with Crippen molar-refractivity contribution in [2.75, 3.05) is 6.54 Å². The van der Waals surface area contributed by atoms with Gasteiger partial charge in [0.15, 0.2) is 0 Å². The Morgan fingerprint density at radius 2 is 1.76 bits per heavy atom. The van der Waals surface area contributed by atoms with Gasteiger partial charge in [0, 0.05) is 35.0 Å². The molecule has 0 bridgehead atoms. The van der Waals surface area contributed by atoms with Gasteiger partial charge in [-0.3, -0.25) is 4.79 Å². The Morgan fingerprint density at radius 1 is 1.05 bits per heavy atom. The summed E-state index contributed by atoms with van der Waals surface area (Å²) in [5.41, 5.74) is 1.05. The zero-order valence-corrected chi connectivity index (χ0v) is 23.8. The quantitative estimate of drug-likeness (QED) is 0.338. The lowest BCUT2D eigenvalue weighted by Crippen LogP contribution is -2.59. The van der Waals surface area contributed by atoms with Crippen molar-refractivity contribution in [2.24, 2.45) is 11.3 Å². The molecule has 6 nitrogen and oxygen atoms in total. The highest BCUT2D eigenvalue weighted by molar-refractivity contribution is 7.90. The van der Waals surface area contributed by atoms with Gasteiger partial charge in [-0.1, -0.05) is 54.4 Å². The van der Waals surface area contributed by atoms with E-state index in [9.17, 15) is 18.0 Å². The molecule has 5 rings (SSSR count). The number of carbonyl (C=O) groups excluding carboxylic acids is 2. The Kier molecular flexibility index (Phi) is 7.94. The monoisotopic (exact) mass is 576 g/mol. The van der Waals surface area contributed by atoms with Crippen molar-refractivity contribution in [3.63, 3.8) is 0 Å². The lowest BCUT2D eigenvalue weighted by atomic mass is 9.65. The molecular formula is C29H34Cl2N2O4S. The molecule has 1 saturated heterocycles. The lowest BCUT2D eigenvalue weighted by molar-refractivity contribution is -0.158. The van der Waals surface area contributed by atoms with Gasteiger partial charge in [0.05, 0.1) is 16.7 Å². The number of carbonyl (C=O) groups is 2. The standard InChI is InChI=1S/C29H34Cl2N2O4S/c1-2-29(14-15-34)17-25(21-4-3-5-23(31)16-21)27(20-8-10-22(30)11-9-20)33(28(29)35)26(19-6-7-19)18-32-38(36,37)24-12-13-24/h3-5,8-11,15-16,19,24-27,32H,2,6-7,12-14,17-18H2,1H3/t25-,26+,27-,29+/m1/s1. The van der Waals surface area contributed by atoms with Crippen LogP contribution in [-0.2, 0) is 19.6 Å². The third-order valence-corrected chi connectivity index (χ3v) is 11.0. The number of nitrogens with zero attached hydrogens (tertiary/aromatic N) is 1. The molecule has 0 unspecified atom stereocenters. The maximum absolute atomic E-state index is 14.5. The Hall–Kier alpha value is -1.93. The number of nitrogens with one attached hydrogen (secondary N) is 1. The van der Waals surface area contributed by atoms with Crippen LogP contribution in [-0.4, -0.2) is 43.3 Å². The van der Waals surface area contributed by atoms with Crippen LogP contribution < -0.4 is 4.72 Å². The maximum atomic E-state index is 14.5. The van der Waals surface area contributed by atoms with Crippen molar-refractivity contribution in [3.8, 4) is 0 Å². The number of halogens is 2. The second-order valence-corrected chi connectivity index (χ2v) is 14.0. The van der Waals surface area contributed by atoms with Crippen LogP contribution in [0.5, 0.6) is 0 Å². The Morgan fingerprint density at radius 3 is 2.34 bits per heavy atom. The second kappa shape index (κ2) is 10.9. The van der Waals surface area contributed by atoms with E-state index in [2.05, 4.69) is 4.72 Å². The molecule has 3 aliphatic rings. The summed E-state index contributed by atoms with van der Waals surface area (Å²) < 4.78 is 28.5. The molecular weight excluding hydrogens is 543 g/mol. The van der Waals surface area contributed by atoms with Crippen LogP contribution in [0.2, 0.25) is 10.0 Å². The fourth-order valence-corrected chi connectivity index (χ4v) is 7.82. The first-order valence-corrected chi connectivity index (χ1v) is 15.7. The Bertz CT molecular complexity index is 1290. The lowest BCUT2D eigenvalue weighted by Gasteiger charge is -2.53. The predicted molar refractivity (Wildman–Crippen MR) is 150 cm³/mol. The Balaban J connectivity index is 1.64. The molecule has 1 aliphatic heterocycles. The zero-order valence-electron chi connectivity index (χ0n) is 21.5. The predicted octanol–water partition coefficient (Wildman–Crippen LogP) is 5.90. The van der Waals surface area contributed by atoms with Crippen molar-refractivity contribution in [1.29, 1.82) is 0 Å². The number of hydrogen-bond acceptors (Lipinski definition) is 4. The van der Waals surface area contributed by atoms with Crippen LogP contribution in [0.25, 0.3) is 0 Å². The summed E-state index contributed by atoms with van der Waals surface area (Å²) in [5, 5.41) is 0.867. The summed E-state index contributed by atoms with van der Waals surface area (Å²) in [6.45, 7) is 2.13. The van der Waals surface area contributed by atoms with E-state index in [1.165, 1.54) is 0 Å². The number of likely N-dealkylation sites (tertiary alicyclic amines) is 1. The van der Waals surface area contributed by atoms with E-state index in [-0.39, 0.29) is 48.0 Å². The third-order valence-electron chi connectivity index (χ3n) is 8.60. The van der Waals surface area contributed by atoms with Crippen molar-refractivity contribution in [1.82, 2.24) is 9.62 Å². The number of aldehydes is 1. The van der Waals surface area contributed by atoms with E-state index in [1.54, 1.807) is 0 Å². The van der Waals surface area contributed by atoms with Crippen molar-refractivity contribution < 1.29 is 18.0 Å². The largest absolute Gasteiger partial charge is 0.330 e. The van der Waals surface area contributed by atoms with Crippen molar-refractivity contribution >= 4 is 45.4 Å². The van der Waals surface area contributed by atoms with Crippen LogP contribution in [0.1, 0.15) is 75.0 Å². The van der Waals surface area contributed by atoms with E-state index >= 15 is 0 Å². The smallest absolute Gasteiger partial charge is 0.230 e. The molecule has 0 spiro atoms. The molecule has 3 fully saturated rings. The average molecular weight is 578 g/mol. The third kappa shape index (κ3) is 5.53. The van der Waals surface area contributed by atoms with E-state index in [1.807, 2.05) is 60.4 Å². The maximum Gasteiger partial charge on any atom is 0.230 e. The molecule has 1 amide bonds. The number of amides is 1. The van der Waals surface area contributed by atoms with Gasteiger partial charge in [-0.15, -0.1) is 0 Å². The molecule has 38 heavy (non-hydrogen) atoms. The molecule has 1 N–H and O–H groups in total. The molecule has 2 aromatic rings. The summed E-state index contributed by atoms with van der Waals surface area (Å²) in [6, 6.07) is 14.6. The first kappa shape index (κ1) is 27.6. The fraction of sp³-hybridized carbons (Fsp3) is 0.517. The number of rotatable bonds is 11. The highest BCUT2D eigenvalue weighted by atomic mass is 35.5. The average Bonchev–Trinajstić information content (AvgIpc) is 3.80. The van der Waals surface area contributed by atoms with Gasteiger partial charge in [0.1, 0.15) is 6.29 Å². The highest BCUT2D eigenvalue weighted by Gasteiger charge is 2.55. The minimum absolute atomic E-state index is 0.0761. The molecule has 4 atom stereocenters. The zero-order chi connectivity index (χ0) is 27.1. The molecule has 2 aliphatic carbocycles. The van der Waals surface area contributed by atoms with Crippen molar-refractivity contribution in [2.45, 2.75) is 75.1 Å². The minimum atomic E-state index is -3.43. The number of sulfonamides is 1. The van der Waals surface area contributed by atoms with E-state index in [0.717, 1.165) is 30.3 Å². The SMILES string of the molecule is CC[C@]1(CC=O)C[C@H](c2cccc(Cl)c2)[C@@H](c2ccc(Cl)cc2)N([C@@H](CNS(=O)(=O)C2CC2)C2CC2)C1=O. The number of benzene rings is 2. The first-order valence-electron chi connectivity index (χ1n) is 13.4. The van der Waals surface area contributed by atoms with Gasteiger partial charge in [0.25, 0.3) is 0 Å².